The largest absolute Gasteiger partial charge is 0.381 e. The Labute approximate surface area is 84.5 Å². The van der Waals surface area contributed by atoms with Crippen LogP contribution >= 0.6 is 0 Å². The summed E-state index contributed by atoms with van der Waals surface area (Å²) in [4.78, 5) is 0. The summed E-state index contributed by atoms with van der Waals surface area (Å²) < 4.78 is 0. The lowest BCUT2D eigenvalue weighted by atomic mass is 9.82. The van der Waals surface area contributed by atoms with E-state index >= 15 is 0 Å². The molecule has 72 valence electrons. The third-order valence-corrected chi connectivity index (χ3v) is 4.56. The number of hydrogen-bond acceptors (Lipinski definition) is 1. The normalized spacial score (nSPS) is 42.0. The van der Waals surface area contributed by atoms with E-state index in [1.165, 1.54) is 24.9 Å². The van der Waals surface area contributed by atoms with Gasteiger partial charge in [-0.1, -0.05) is 18.2 Å². The molecule has 1 nitrogen and oxygen atoms in total. The molecule has 2 bridgehead atoms. The van der Waals surface area contributed by atoms with E-state index in [1.54, 1.807) is 5.56 Å². The molecular weight excluding hydrogens is 170 g/mol. The van der Waals surface area contributed by atoms with Crippen molar-refractivity contribution in [3.8, 4) is 0 Å². The molecule has 1 aliphatic heterocycles. The first kappa shape index (κ1) is 7.33. The first-order chi connectivity index (χ1) is 6.93. The highest BCUT2D eigenvalue weighted by Gasteiger charge is 2.51. The molecule has 1 heteroatoms. The summed E-state index contributed by atoms with van der Waals surface area (Å²) in [5, 5.41) is 3.73. The third kappa shape index (κ3) is 0.727. The maximum Gasteiger partial charge on any atom is 0.0378 e. The maximum atomic E-state index is 3.73. The fourth-order valence-electron chi connectivity index (χ4n) is 4.05. The molecule has 1 aromatic rings. The van der Waals surface area contributed by atoms with E-state index in [0.29, 0.717) is 0 Å². The van der Waals surface area contributed by atoms with Gasteiger partial charge in [0.05, 0.1) is 0 Å². The van der Waals surface area contributed by atoms with Crippen molar-refractivity contribution in [2.75, 3.05) is 5.32 Å². The van der Waals surface area contributed by atoms with Crippen LogP contribution in [-0.4, -0.2) is 6.04 Å². The molecule has 1 heterocycles. The topological polar surface area (TPSA) is 12.0 Å². The average Bonchev–Trinajstić information content (AvgIpc) is 2.88. The van der Waals surface area contributed by atoms with Crippen LogP contribution in [0.25, 0.3) is 0 Å². The van der Waals surface area contributed by atoms with Crippen LogP contribution in [0.5, 0.6) is 0 Å². The molecule has 0 amide bonds. The van der Waals surface area contributed by atoms with E-state index in [2.05, 4.69) is 29.6 Å². The van der Waals surface area contributed by atoms with Gasteiger partial charge in [0.15, 0.2) is 0 Å². The first-order valence-corrected chi connectivity index (χ1v) is 5.79. The Kier molecular flexibility index (Phi) is 1.22. The van der Waals surface area contributed by atoms with E-state index in [1.807, 2.05) is 0 Å². The van der Waals surface area contributed by atoms with Gasteiger partial charge < -0.3 is 5.32 Å². The van der Waals surface area contributed by atoms with Crippen LogP contribution in [0, 0.1) is 11.8 Å². The highest BCUT2D eigenvalue weighted by Crippen LogP contribution is 2.58. The van der Waals surface area contributed by atoms with Crippen LogP contribution in [0.3, 0.4) is 0 Å². The predicted octanol–water partition coefficient (Wildman–Crippen LogP) is 2.99. The lowest BCUT2D eigenvalue weighted by molar-refractivity contribution is 0.401. The summed E-state index contributed by atoms with van der Waals surface area (Å²) in [6, 6.07) is 9.69. The van der Waals surface area contributed by atoms with Crippen molar-refractivity contribution < 1.29 is 0 Å². The molecule has 2 aliphatic carbocycles. The minimum atomic E-state index is 0.783. The van der Waals surface area contributed by atoms with Crippen LogP contribution in [-0.2, 0) is 0 Å². The Morgan fingerprint density at radius 3 is 2.93 bits per heavy atom. The molecule has 3 aliphatic rings. The van der Waals surface area contributed by atoms with Gasteiger partial charge >= 0.3 is 0 Å². The van der Waals surface area contributed by atoms with E-state index < -0.39 is 0 Å². The van der Waals surface area contributed by atoms with Gasteiger partial charge in [0.25, 0.3) is 0 Å². The smallest absolute Gasteiger partial charge is 0.0378 e. The molecule has 0 radical (unpaired) electrons. The fraction of sp³-hybridized carbons (Fsp3) is 0.538. The highest BCUT2D eigenvalue weighted by atomic mass is 15.0. The second kappa shape index (κ2) is 2.33. The second-order valence-electron chi connectivity index (χ2n) is 5.12. The first-order valence-electron chi connectivity index (χ1n) is 5.79. The summed E-state index contributed by atoms with van der Waals surface area (Å²) in [6.07, 6.45) is 4.42. The van der Waals surface area contributed by atoms with Gasteiger partial charge in [-0.3, -0.25) is 0 Å². The zero-order valence-electron chi connectivity index (χ0n) is 8.24. The zero-order chi connectivity index (χ0) is 9.12. The molecule has 2 fully saturated rings. The summed E-state index contributed by atoms with van der Waals surface area (Å²) in [6.45, 7) is 0. The number of hydrogen-bond donors (Lipinski definition) is 1. The van der Waals surface area contributed by atoms with Gasteiger partial charge in [-0.05, 0) is 42.7 Å². The van der Waals surface area contributed by atoms with Crippen molar-refractivity contribution in [2.45, 2.75) is 31.2 Å². The van der Waals surface area contributed by atoms with Crippen molar-refractivity contribution in [3.63, 3.8) is 0 Å². The Balaban J connectivity index is 1.86. The molecular formula is C13H15N. The SMILES string of the molecule is c1ccc2c(c1)NC1C3CCC(C3)C21. The highest BCUT2D eigenvalue weighted by molar-refractivity contribution is 5.60. The van der Waals surface area contributed by atoms with Gasteiger partial charge in [0, 0.05) is 17.6 Å². The van der Waals surface area contributed by atoms with Crippen molar-refractivity contribution in [3.05, 3.63) is 29.8 Å². The van der Waals surface area contributed by atoms with Crippen molar-refractivity contribution in [1.82, 2.24) is 0 Å². The van der Waals surface area contributed by atoms with E-state index in [4.69, 9.17) is 0 Å². The molecule has 1 N–H and O–H groups in total. The minimum absolute atomic E-state index is 0.783. The van der Waals surface area contributed by atoms with E-state index in [0.717, 1.165) is 23.8 Å². The van der Waals surface area contributed by atoms with Gasteiger partial charge in [0.2, 0.25) is 0 Å². The Bertz CT molecular complexity index is 385. The summed E-state index contributed by atoms with van der Waals surface area (Å²) in [5.41, 5.74) is 3.02. The van der Waals surface area contributed by atoms with Gasteiger partial charge in [-0.25, -0.2) is 0 Å². The van der Waals surface area contributed by atoms with Crippen LogP contribution in [0.2, 0.25) is 0 Å². The number of anilines is 1. The Morgan fingerprint density at radius 2 is 1.93 bits per heavy atom. The minimum Gasteiger partial charge on any atom is -0.381 e. The molecule has 0 saturated heterocycles. The Hall–Kier alpha value is -0.980. The Morgan fingerprint density at radius 1 is 1.07 bits per heavy atom. The van der Waals surface area contributed by atoms with E-state index in [9.17, 15) is 0 Å². The fourth-order valence-corrected chi connectivity index (χ4v) is 4.05. The van der Waals surface area contributed by atoms with Crippen molar-refractivity contribution in [1.29, 1.82) is 0 Å². The summed E-state index contributed by atoms with van der Waals surface area (Å²) in [5.74, 6) is 2.81. The second-order valence-corrected chi connectivity index (χ2v) is 5.12. The quantitative estimate of drug-likeness (QED) is 0.655. The molecule has 4 rings (SSSR count). The van der Waals surface area contributed by atoms with Crippen LogP contribution < -0.4 is 5.32 Å². The molecule has 4 atom stereocenters. The number of nitrogens with one attached hydrogen (secondary N) is 1. The summed E-state index contributed by atoms with van der Waals surface area (Å²) in [7, 11) is 0. The molecule has 4 unspecified atom stereocenters. The van der Waals surface area contributed by atoms with Crippen molar-refractivity contribution >= 4 is 5.69 Å². The predicted molar refractivity (Wildman–Crippen MR) is 57.4 cm³/mol. The van der Waals surface area contributed by atoms with Gasteiger partial charge in [-0.15, -0.1) is 0 Å². The van der Waals surface area contributed by atoms with Gasteiger partial charge in [0.1, 0.15) is 0 Å². The number of fused-ring (bicyclic) bond motifs is 7. The molecule has 0 spiro atoms. The van der Waals surface area contributed by atoms with Crippen LogP contribution in [0.15, 0.2) is 24.3 Å². The van der Waals surface area contributed by atoms with Crippen LogP contribution in [0.4, 0.5) is 5.69 Å². The standard InChI is InChI=1S/C13H15N/c1-2-4-11-10(3-1)12-8-5-6-9(7-8)13(12)14-11/h1-4,8-9,12-14H,5-7H2. The lowest BCUT2D eigenvalue weighted by Crippen LogP contribution is -2.27. The third-order valence-electron chi connectivity index (χ3n) is 4.56. The number of benzene rings is 1. The van der Waals surface area contributed by atoms with Crippen molar-refractivity contribution in [2.24, 2.45) is 11.8 Å². The lowest BCUT2D eigenvalue weighted by Gasteiger charge is -2.24. The molecule has 0 aromatic heterocycles. The monoisotopic (exact) mass is 185 g/mol. The average molecular weight is 185 g/mol. The zero-order valence-corrected chi connectivity index (χ0v) is 8.24. The van der Waals surface area contributed by atoms with E-state index in [-0.39, 0.29) is 0 Å². The molecule has 14 heavy (non-hydrogen) atoms. The maximum absolute atomic E-state index is 3.73. The molecule has 1 aromatic carbocycles. The molecule has 2 saturated carbocycles. The van der Waals surface area contributed by atoms with Gasteiger partial charge in [-0.2, -0.15) is 0 Å². The number of para-hydroxylation sites is 1. The summed E-state index contributed by atoms with van der Waals surface area (Å²) >= 11 is 0. The van der Waals surface area contributed by atoms with Crippen LogP contribution in [0.1, 0.15) is 30.7 Å². The number of rotatable bonds is 0.